The van der Waals surface area contributed by atoms with Gasteiger partial charge in [0.2, 0.25) is 0 Å². The number of ether oxygens (including phenoxy) is 1. The summed E-state index contributed by atoms with van der Waals surface area (Å²) in [7, 11) is 1.57. The van der Waals surface area contributed by atoms with E-state index in [2.05, 4.69) is 9.97 Å². The molecule has 0 spiro atoms. The monoisotopic (exact) mass is 432 g/mol. The Hall–Kier alpha value is -3.94. The van der Waals surface area contributed by atoms with E-state index in [1.54, 1.807) is 62.2 Å². The van der Waals surface area contributed by atoms with Crippen LogP contribution in [-0.4, -0.2) is 49.9 Å². The summed E-state index contributed by atoms with van der Waals surface area (Å²) < 4.78 is 7.19. The van der Waals surface area contributed by atoms with E-state index in [0.29, 0.717) is 36.5 Å². The molecule has 1 aliphatic rings. The number of carbonyl (C=O) groups excluding carboxylic acids is 2. The molecule has 3 aromatic rings. The van der Waals surface area contributed by atoms with Crippen molar-refractivity contribution >= 4 is 17.4 Å². The lowest BCUT2D eigenvalue weighted by molar-refractivity contribution is -0.140. The summed E-state index contributed by atoms with van der Waals surface area (Å²) in [6.07, 6.45) is 7.47. The van der Waals surface area contributed by atoms with E-state index in [4.69, 9.17) is 4.74 Å². The number of hydrogen-bond acceptors (Lipinski definition) is 6. The number of benzene rings is 1. The minimum Gasteiger partial charge on any atom is -0.507 e. The minimum absolute atomic E-state index is 0.0425. The first-order chi connectivity index (χ1) is 15.5. The molecule has 164 valence electrons. The first kappa shape index (κ1) is 21.3. The Morgan fingerprint density at radius 3 is 2.66 bits per heavy atom. The van der Waals surface area contributed by atoms with Crippen molar-refractivity contribution in [2.45, 2.75) is 25.9 Å². The average molecular weight is 432 g/mol. The molecule has 1 amide bonds. The van der Waals surface area contributed by atoms with Gasteiger partial charge in [-0.3, -0.25) is 14.6 Å². The third-order valence-corrected chi connectivity index (χ3v) is 5.55. The molecule has 3 heterocycles. The summed E-state index contributed by atoms with van der Waals surface area (Å²) in [6, 6.07) is 9.68. The molecule has 0 aliphatic carbocycles. The Morgan fingerprint density at radius 1 is 1.16 bits per heavy atom. The highest BCUT2D eigenvalue weighted by molar-refractivity contribution is 6.46. The SMILES string of the molecule is COc1ccc(C(O)=C2C(=O)C(=O)N(CCCn3ccnc3)C2c2ccccn2)cc1C. The molecule has 1 atom stereocenters. The molecule has 0 bridgehead atoms. The van der Waals surface area contributed by atoms with Crippen LogP contribution in [0.5, 0.6) is 5.75 Å². The predicted molar refractivity (Wildman–Crippen MR) is 118 cm³/mol. The maximum absolute atomic E-state index is 13.0. The van der Waals surface area contributed by atoms with Crippen LogP contribution in [0.4, 0.5) is 0 Å². The van der Waals surface area contributed by atoms with E-state index < -0.39 is 17.7 Å². The number of methoxy groups -OCH3 is 1. The molecular weight excluding hydrogens is 408 g/mol. The van der Waals surface area contributed by atoms with Gasteiger partial charge in [-0.15, -0.1) is 0 Å². The quantitative estimate of drug-likeness (QED) is 0.350. The van der Waals surface area contributed by atoms with Gasteiger partial charge in [-0.2, -0.15) is 0 Å². The molecule has 1 N–H and O–H groups in total. The number of aromatic nitrogens is 3. The van der Waals surface area contributed by atoms with Crippen molar-refractivity contribution < 1.29 is 19.4 Å². The lowest BCUT2D eigenvalue weighted by Crippen LogP contribution is -2.31. The molecule has 1 aliphatic heterocycles. The number of aliphatic hydroxyl groups is 1. The van der Waals surface area contributed by atoms with Gasteiger partial charge in [0.15, 0.2) is 0 Å². The van der Waals surface area contributed by atoms with Crippen molar-refractivity contribution in [2.24, 2.45) is 0 Å². The molecule has 1 fully saturated rings. The Kier molecular flexibility index (Phi) is 6.02. The van der Waals surface area contributed by atoms with Gasteiger partial charge in [0.1, 0.15) is 17.6 Å². The number of amides is 1. The predicted octanol–water partition coefficient (Wildman–Crippen LogP) is 3.11. The first-order valence-electron chi connectivity index (χ1n) is 10.3. The van der Waals surface area contributed by atoms with Gasteiger partial charge in [0.05, 0.1) is 24.7 Å². The van der Waals surface area contributed by atoms with E-state index in [1.807, 2.05) is 17.7 Å². The van der Waals surface area contributed by atoms with Gasteiger partial charge in [-0.1, -0.05) is 6.07 Å². The minimum atomic E-state index is -0.763. The molecule has 1 saturated heterocycles. The molecule has 1 aromatic carbocycles. The number of ketones is 1. The van der Waals surface area contributed by atoms with Gasteiger partial charge in [-0.25, -0.2) is 4.98 Å². The number of aryl methyl sites for hydroxylation is 2. The summed E-state index contributed by atoms with van der Waals surface area (Å²) in [4.78, 5) is 35.9. The second-order valence-electron chi connectivity index (χ2n) is 7.59. The molecule has 32 heavy (non-hydrogen) atoms. The lowest BCUT2D eigenvalue weighted by Gasteiger charge is -2.24. The Bertz CT molecular complexity index is 1160. The van der Waals surface area contributed by atoms with Gasteiger partial charge < -0.3 is 19.3 Å². The number of hydrogen-bond donors (Lipinski definition) is 1. The van der Waals surface area contributed by atoms with Crippen LogP contribution in [0.25, 0.3) is 5.76 Å². The average Bonchev–Trinajstić information content (AvgIpc) is 3.41. The van der Waals surface area contributed by atoms with Crippen LogP contribution in [0.2, 0.25) is 0 Å². The summed E-state index contributed by atoms with van der Waals surface area (Å²) in [6.45, 7) is 2.83. The van der Waals surface area contributed by atoms with Crippen LogP contribution < -0.4 is 4.74 Å². The molecular formula is C24H24N4O4. The van der Waals surface area contributed by atoms with Crippen LogP contribution >= 0.6 is 0 Å². The van der Waals surface area contributed by atoms with Gasteiger partial charge in [-0.05, 0) is 49.2 Å². The number of Topliss-reactive ketones (excluding diaryl/α,β-unsaturated/α-hetero) is 1. The fourth-order valence-corrected chi connectivity index (χ4v) is 3.98. The van der Waals surface area contributed by atoms with Crippen molar-refractivity contribution in [1.29, 1.82) is 0 Å². The van der Waals surface area contributed by atoms with Crippen LogP contribution in [0.1, 0.15) is 29.3 Å². The molecule has 2 aromatic heterocycles. The van der Waals surface area contributed by atoms with E-state index in [0.717, 1.165) is 5.56 Å². The highest BCUT2D eigenvalue weighted by Crippen LogP contribution is 2.39. The second-order valence-corrected chi connectivity index (χ2v) is 7.59. The standard InChI is InChI=1S/C24H24N4O4/c1-16-14-17(7-8-19(16)32-2)22(29)20-21(18-6-3-4-9-26-18)28(24(31)23(20)30)12-5-11-27-13-10-25-15-27/h3-4,6-10,13-15,21,29H,5,11-12H2,1-2H3. The highest BCUT2D eigenvalue weighted by Gasteiger charge is 2.46. The summed E-state index contributed by atoms with van der Waals surface area (Å²) in [5, 5.41) is 11.1. The maximum atomic E-state index is 13.0. The second kappa shape index (κ2) is 9.05. The zero-order chi connectivity index (χ0) is 22.7. The number of carbonyl (C=O) groups is 2. The molecule has 8 heteroatoms. The van der Waals surface area contributed by atoms with Crippen LogP contribution in [0.3, 0.4) is 0 Å². The molecule has 0 saturated carbocycles. The molecule has 8 nitrogen and oxygen atoms in total. The normalized spacial score (nSPS) is 17.7. The number of likely N-dealkylation sites (tertiary alicyclic amines) is 1. The third-order valence-electron chi connectivity index (χ3n) is 5.55. The fraction of sp³-hybridized carbons (Fsp3) is 0.250. The molecule has 0 radical (unpaired) electrons. The van der Waals surface area contributed by atoms with Crippen molar-refractivity contribution in [3.8, 4) is 5.75 Å². The van der Waals surface area contributed by atoms with E-state index >= 15 is 0 Å². The van der Waals surface area contributed by atoms with Crippen LogP contribution in [0, 0.1) is 6.92 Å². The van der Waals surface area contributed by atoms with Gasteiger partial charge in [0, 0.05) is 37.2 Å². The van der Waals surface area contributed by atoms with Crippen LogP contribution in [0.15, 0.2) is 66.9 Å². The highest BCUT2D eigenvalue weighted by atomic mass is 16.5. The number of pyridine rings is 1. The van der Waals surface area contributed by atoms with Crippen molar-refractivity contribution in [1.82, 2.24) is 19.4 Å². The smallest absolute Gasteiger partial charge is 0.295 e. The third kappa shape index (κ3) is 3.99. The number of nitrogens with zero attached hydrogens (tertiary/aromatic N) is 4. The zero-order valence-electron chi connectivity index (χ0n) is 17.9. The maximum Gasteiger partial charge on any atom is 0.295 e. The van der Waals surface area contributed by atoms with Crippen LogP contribution in [-0.2, 0) is 16.1 Å². The lowest BCUT2D eigenvalue weighted by atomic mass is 9.97. The number of rotatable bonds is 7. The van der Waals surface area contributed by atoms with E-state index in [-0.39, 0.29) is 11.3 Å². The van der Waals surface area contributed by atoms with Gasteiger partial charge >= 0.3 is 0 Å². The number of aliphatic hydroxyl groups excluding tert-OH is 1. The zero-order valence-corrected chi connectivity index (χ0v) is 17.9. The Balaban J connectivity index is 1.72. The van der Waals surface area contributed by atoms with Crippen molar-refractivity contribution in [3.63, 3.8) is 0 Å². The molecule has 4 rings (SSSR count). The van der Waals surface area contributed by atoms with E-state index in [9.17, 15) is 14.7 Å². The topological polar surface area (TPSA) is 97.6 Å². The Morgan fingerprint density at radius 2 is 2.00 bits per heavy atom. The largest absolute Gasteiger partial charge is 0.507 e. The van der Waals surface area contributed by atoms with E-state index in [1.165, 1.54) is 4.90 Å². The number of imidazole rings is 1. The summed E-state index contributed by atoms with van der Waals surface area (Å²) in [5.41, 5.74) is 1.82. The van der Waals surface area contributed by atoms with Crippen molar-refractivity contribution in [3.05, 3.63) is 83.7 Å². The van der Waals surface area contributed by atoms with Crippen molar-refractivity contribution in [2.75, 3.05) is 13.7 Å². The first-order valence-corrected chi connectivity index (χ1v) is 10.3. The molecule has 1 unspecified atom stereocenters. The fourth-order valence-electron chi connectivity index (χ4n) is 3.98. The summed E-state index contributed by atoms with van der Waals surface area (Å²) >= 11 is 0. The van der Waals surface area contributed by atoms with Gasteiger partial charge in [0.25, 0.3) is 11.7 Å². The Labute approximate surface area is 185 Å². The summed E-state index contributed by atoms with van der Waals surface area (Å²) in [5.74, 6) is -0.906.